The van der Waals surface area contributed by atoms with Crippen LogP contribution in [0.1, 0.15) is 48.6 Å². The van der Waals surface area contributed by atoms with Gasteiger partial charge < -0.3 is 9.47 Å². The average Bonchev–Trinajstić information content (AvgIpc) is 3.54. The Kier molecular flexibility index (Phi) is 2.74. The van der Waals surface area contributed by atoms with Gasteiger partial charge in [0.2, 0.25) is 5.56 Å². The molecule has 1 aliphatic carbocycles. The summed E-state index contributed by atoms with van der Waals surface area (Å²) in [5.74, 6) is 0.737. The van der Waals surface area contributed by atoms with Crippen molar-refractivity contribution in [3.05, 3.63) is 58.0 Å². The normalized spacial score (nSPS) is 23.0. The number of pyridine rings is 1. The Morgan fingerprint density at radius 3 is 2.81 bits per heavy atom. The molecule has 1 aromatic carbocycles. The number of fused-ring (bicyclic) bond motifs is 1. The van der Waals surface area contributed by atoms with E-state index in [1.54, 1.807) is 6.07 Å². The quantitative estimate of drug-likeness (QED) is 0.815. The van der Waals surface area contributed by atoms with Crippen LogP contribution in [-0.2, 0) is 20.0 Å². The standard InChI is InChI=1S/C22H29N3O/c1-16(2)25(21-8-9-22(26)23(3)15-21)20-7-6-18-10-11-24(13-17-4-5-17)14-19(18)12-20/h6-9,12,15-17H,4-5,10-11,13-14H2,1-3H3/i1D3,2D3,3D2. The highest BCUT2D eigenvalue weighted by atomic mass is 16.1. The SMILES string of the molecule is [2H]C([2H])n1cc(N(c2ccc3c(c2)CN(CC2CC2)CC3)C(C([2H])([2H])[2H])C([2H])([2H])[2H])ccc1=O. The largest absolute Gasteiger partial charge is 0.338 e. The zero-order valence-corrected chi connectivity index (χ0v) is 14.7. The zero-order valence-electron chi connectivity index (χ0n) is 22.7. The van der Waals surface area contributed by atoms with E-state index in [-0.39, 0.29) is 5.69 Å². The predicted octanol–water partition coefficient (Wildman–Crippen LogP) is 3.70. The van der Waals surface area contributed by atoms with E-state index in [9.17, 15) is 4.79 Å². The summed E-state index contributed by atoms with van der Waals surface area (Å²) in [6.07, 6.45) is 4.56. The van der Waals surface area contributed by atoms with Crippen molar-refractivity contribution >= 4 is 11.4 Å². The van der Waals surface area contributed by atoms with Gasteiger partial charge in [0.25, 0.3) is 0 Å². The highest BCUT2D eigenvalue weighted by Crippen LogP contribution is 2.34. The summed E-state index contributed by atoms with van der Waals surface area (Å²) in [7, 11) is 0. The van der Waals surface area contributed by atoms with Crippen molar-refractivity contribution in [2.75, 3.05) is 18.0 Å². The van der Waals surface area contributed by atoms with E-state index in [1.165, 1.54) is 30.0 Å². The lowest BCUT2D eigenvalue weighted by Gasteiger charge is -2.33. The number of aromatic nitrogens is 1. The van der Waals surface area contributed by atoms with Gasteiger partial charge in [-0.1, -0.05) is 6.07 Å². The fourth-order valence-corrected chi connectivity index (χ4v) is 3.65. The van der Waals surface area contributed by atoms with E-state index in [0.29, 0.717) is 12.2 Å². The third kappa shape index (κ3) is 3.56. The Morgan fingerprint density at radius 2 is 2.04 bits per heavy atom. The summed E-state index contributed by atoms with van der Waals surface area (Å²) in [6, 6.07) is 6.07. The lowest BCUT2D eigenvalue weighted by molar-refractivity contribution is 0.244. The van der Waals surface area contributed by atoms with Gasteiger partial charge >= 0.3 is 0 Å². The second-order valence-electron chi connectivity index (χ2n) is 7.29. The van der Waals surface area contributed by atoms with Crippen LogP contribution >= 0.6 is 0 Å². The minimum atomic E-state index is -2.87. The molecule has 4 rings (SSSR count). The van der Waals surface area contributed by atoms with Crippen LogP contribution in [0.2, 0.25) is 0 Å². The first-order valence-corrected chi connectivity index (χ1v) is 9.04. The number of hydrogen-bond acceptors (Lipinski definition) is 3. The van der Waals surface area contributed by atoms with Crippen molar-refractivity contribution in [2.45, 2.75) is 45.6 Å². The number of nitrogens with zero attached hydrogens (tertiary/aromatic N) is 3. The first-order valence-electron chi connectivity index (χ1n) is 13.2. The molecule has 4 heteroatoms. The summed E-state index contributed by atoms with van der Waals surface area (Å²) in [4.78, 5) is 15.7. The molecule has 0 amide bonds. The molecule has 26 heavy (non-hydrogen) atoms. The van der Waals surface area contributed by atoms with E-state index in [2.05, 4.69) is 4.90 Å². The molecular weight excluding hydrogens is 322 g/mol. The van der Waals surface area contributed by atoms with Gasteiger partial charge in [0.05, 0.1) is 5.69 Å². The lowest BCUT2D eigenvalue weighted by Crippen LogP contribution is -2.33. The van der Waals surface area contributed by atoms with E-state index in [1.807, 2.05) is 12.1 Å². The highest BCUT2D eigenvalue weighted by molar-refractivity contribution is 5.64. The van der Waals surface area contributed by atoms with Gasteiger partial charge in [-0.3, -0.25) is 9.69 Å². The van der Waals surface area contributed by atoms with Crippen LogP contribution in [0.3, 0.4) is 0 Å². The molecule has 0 spiro atoms. The van der Waals surface area contributed by atoms with Gasteiger partial charge in [-0.15, -0.1) is 0 Å². The average molecular weight is 360 g/mol. The van der Waals surface area contributed by atoms with Gasteiger partial charge in [0.1, 0.15) is 0 Å². The molecule has 1 saturated carbocycles. The Hall–Kier alpha value is -2.07. The molecule has 0 atom stereocenters. The van der Waals surface area contributed by atoms with Gasteiger partial charge in [0, 0.05) is 61.6 Å². The van der Waals surface area contributed by atoms with Crippen LogP contribution in [0.5, 0.6) is 0 Å². The first-order chi connectivity index (χ1) is 15.8. The molecule has 0 N–H and O–H groups in total. The molecule has 0 radical (unpaired) electrons. The Morgan fingerprint density at radius 1 is 1.19 bits per heavy atom. The maximum Gasteiger partial charge on any atom is 0.250 e. The topological polar surface area (TPSA) is 28.5 Å². The van der Waals surface area contributed by atoms with Crippen molar-refractivity contribution in [3.8, 4) is 0 Å². The highest BCUT2D eigenvalue weighted by Gasteiger charge is 2.26. The molecule has 0 bridgehead atoms. The molecule has 2 aliphatic rings. The molecule has 1 fully saturated rings. The Bertz CT molecular complexity index is 1080. The summed E-state index contributed by atoms with van der Waals surface area (Å²) in [5, 5.41) is 0. The van der Waals surface area contributed by atoms with Crippen molar-refractivity contribution in [1.29, 1.82) is 0 Å². The van der Waals surface area contributed by atoms with Crippen LogP contribution in [0, 0.1) is 5.92 Å². The lowest BCUT2D eigenvalue weighted by atomic mass is 9.98. The van der Waals surface area contributed by atoms with Crippen LogP contribution in [-0.4, -0.2) is 28.6 Å². The Labute approximate surface area is 167 Å². The molecular formula is C22H29N3O. The third-order valence-corrected chi connectivity index (χ3v) is 5.23. The van der Waals surface area contributed by atoms with Crippen molar-refractivity contribution < 1.29 is 11.0 Å². The van der Waals surface area contributed by atoms with Gasteiger partial charge in [-0.05, 0) is 68.2 Å². The predicted molar refractivity (Wildman–Crippen MR) is 107 cm³/mol. The van der Waals surface area contributed by atoms with Crippen LogP contribution in [0.15, 0.2) is 41.3 Å². The molecule has 0 unspecified atom stereocenters. The van der Waals surface area contributed by atoms with Gasteiger partial charge in [-0.2, -0.15) is 0 Å². The molecule has 1 aliphatic heterocycles. The summed E-state index contributed by atoms with van der Waals surface area (Å²) < 4.78 is 64.4. The van der Waals surface area contributed by atoms with Crippen molar-refractivity contribution in [2.24, 2.45) is 12.9 Å². The fraction of sp³-hybridized carbons (Fsp3) is 0.500. The fourth-order valence-electron chi connectivity index (χ4n) is 3.65. The van der Waals surface area contributed by atoms with Crippen molar-refractivity contribution in [1.82, 2.24) is 9.47 Å². The molecule has 2 heterocycles. The Balaban J connectivity index is 1.82. The van der Waals surface area contributed by atoms with E-state index in [0.717, 1.165) is 47.2 Å². The van der Waals surface area contributed by atoms with E-state index >= 15 is 0 Å². The molecule has 0 saturated heterocycles. The van der Waals surface area contributed by atoms with Crippen LogP contribution in [0.4, 0.5) is 11.4 Å². The summed E-state index contributed by atoms with van der Waals surface area (Å²) in [6.45, 7) is -4.71. The van der Waals surface area contributed by atoms with Gasteiger partial charge in [0.15, 0.2) is 0 Å². The minimum absolute atomic E-state index is 0.131. The second-order valence-corrected chi connectivity index (χ2v) is 7.29. The number of rotatable bonds is 5. The smallest absolute Gasteiger partial charge is 0.250 e. The van der Waals surface area contributed by atoms with E-state index < -0.39 is 32.3 Å². The molecule has 2 aromatic rings. The van der Waals surface area contributed by atoms with Crippen molar-refractivity contribution in [3.63, 3.8) is 0 Å². The van der Waals surface area contributed by atoms with Crippen LogP contribution in [0.25, 0.3) is 0 Å². The second kappa shape index (κ2) is 6.92. The molecule has 138 valence electrons. The summed E-state index contributed by atoms with van der Waals surface area (Å²) in [5.41, 5.74) is 2.10. The zero-order chi connectivity index (χ0) is 24.8. The number of benzene rings is 1. The number of aryl methyl sites for hydroxylation is 1. The minimum Gasteiger partial charge on any atom is -0.338 e. The third-order valence-electron chi connectivity index (χ3n) is 5.23. The van der Waals surface area contributed by atoms with Crippen LogP contribution < -0.4 is 10.5 Å². The first kappa shape index (κ1) is 10.3. The molecule has 1 aromatic heterocycles. The van der Waals surface area contributed by atoms with Gasteiger partial charge in [-0.25, -0.2) is 0 Å². The van der Waals surface area contributed by atoms with E-state index in [4.69, 9.17) is 11.0 Å². The maximum absolute atomic E-state index is 12.1. The number of hydrogen-bond donors (Lipinski definition) is 0. The maximum atomic E-state index is 12.1. The monoisotopic (exact) mass is 359 g/mol. The molecule has 4 nitrogen and oxygen atoms in total. The number of anilines is 2. The summed E-state index contributed by atoms with van der Waals surface area (Å²) >= 11 is 0.